The fourth-order valence-corrected chi connectivity index (χ4v) is 4.28. The first-order valence-electron chi connectivity index (χ1n) is 12.4. The average Bonchev–Trinajstić information content (AvgIpc) is 3.54. The Hall–Kier alpha value is -3.45. The van der Waals surface area contributed by atoms with E-state index in [9.17, 15) is 9.59 Å². The van der Waals surface area contributed by atoms with Gasteiger partial charge in [0.2, 0.25) is 17.8 Å². The van der Waals surface area contributed by atoms with Crippen LogP contribution in [0.15, 0.2) is 60.8 Å². The molecule has 2 aromatic carbocycles. The molecular weight excluding hydrogens is 440 g/mol. The van der Waals surface area contributed by atoms with E-state index in [1.807, 2.05) is 60.2 Å². The summed E-state index contributed by atoms with van der Waals surface area (Å²) in [6.07, 6.45) is 4.16. The van der Waals surface area contributed by atoms with E-state index >= 15 is 0 Å². The van der Waals surface area contributed by atoms with Crippen molar-refractivity contribution in [1.29, 1.82) is 0 Å². The number of aromatic nitrogens is 2. The van der Waals surface area contributed by atoms with E-state index in [2.05, 4.69) is 31.3 Å². The second-order valence-electron chi connectivity index (χ2n) is 9.24. The number of imidazole rings is 1. The lowest BCUT2D eigenvalue weighted by molar-refractivity contribution is -0.135. The number of hydrogen-bond acceptors (Lipinski definition) is 4. The highest BCUT2D eigenvalue weighted by Crippen LogP contribution is 2.25. The van der Waals surface area contributed by atoms with Crippen molar-refractivity contribution in [3.8, 4) is 16.9 Å². The second kappa shape index (κ2) is 11.3. The van der Waals surface area contributed by atoms with E-state index in [1.165, 1.54) is 5.56 Å². The molecule has 0 spiro atoms. The predicted molar refractivity (Wildman–Crippen MR) is 138 cm³/mol. The molecule has 0 aliphatic carbocycles. The zero-order valence-corrected chi connectivity index (χ0v) is 20.7. The molecule has 1 aliphatic heterocycles. The van der Waals surface area contributed by atoms with Gasteiger partial charge in [0.1, 0.15) is 6.54 Å². The Balaban J connectivity index is 1.58. The summed E-state index contributed by atoms with van der Waals surface area (Å²) in [7, 11) is 0. The van der Waals surface area contributed by atoms with Crippen molar-refractivity contribution in [2.75, 3.05) is 25.0 Å². The van der Waals surface area contributed by atoms with Crippen LogP contribution in [0.3, 0.4) is 0 Å². The summed E-state index contributed by atoms with van der Waals surface area (Å²) in [4.78, 5) is 31.9. The van der Waals surface area contributed by atoms with Crippen LogP contribution in [0, 0.1) is 0 Å². The van der Waals surface area contributed by atoms with Crippen molar-refractivity contribution in [1.82, 2.24) is 14.5 Å². The van der Waals surface area contributed by atoms with Crippen molar-refractivity contribution in [2.24, 2.45) is 0 Å². The molecular formula is C28H34N4O3. The monoisotopic (exact) mass is 474 g/mol. The Labute approximate surface area is 207 Å². The van der Waals surface area contributed by atoms with Gasteiger partial charge in [0.05, 0.1) is 11.8 Å². The van der Waals surface area contributed by atoms with Gasteiger partial charge in [-0.15, -0.1) is 0 Å². The predicted octanol–water partition coefficient (Wildman–Crippen LogP) is 5.02. The Morgan fingerprint density at radius 1 is 1.14 bits per heavy atom. The van der Waals surface area contributed by atoms with Gasteiger partial charge in [0.25, 0.3) is 0 Å². The van der Waals surface area contributed by atoms with Crippen LogP contribution in [0.25, 0.3) is 16.9 Å². The Morgan fingerprint density at radius 2 is 1.89 bits per heavy atom. The summed E-state index contributed by atoms with van der Waals surface area (Å²) < 4.78 is 7.58. The van der Waals surface area contributed by atoms with Crippen molar-refractivity contribution >= 4 is 17.8 Å². The molecule has 184 valence electrons. The maximum absolute atomic E-state index is 13.1. The molecule has 1 aliphatic rings. The van der Waals surface area contributed by atoms with Gasteiger partial charge in [-0.05, 0) is 36.5 Å². The minimum atomic E-state index is -0.282. The highest BCUT2D eigenvalue weighted by Gasteiger charge is 2.24. The van der Waals surface area contributed by atoms with E-state index in [0.29, 0.717) is 31.4 Å². The van der Waals surface area contributed by atoms with Crippen molar-refractivity contribution in [2.45, 2.75) is 52.1 Å². The number of amides is 2. The molecule has 0 saturated carbocycles. The molecule has 0 bridgehead atoms. The summed E-state index contributed by atoms with van der Waals surface area (Å²) >= 11 is 0. The average molecular weight is 475 g/mol. The number of hydrogen-bond donors (Lipinski definition) is 1. The summed E-state index contributed by atoms with van der Waals surface area (Å²) in [5.41, 5.74) is 3.86. The smallest absolute Gasteiger partial charge is 0.246 e. The van der Waals surface area contributed by atoms with Gasteiger partial charge in [-0.1, -0.05) is 63.2 Å². The van der Waals surface area contributed by atoms with Crippen LogP contribution in [-0.4, -0.2) is 52.1 Å². The van der Waals surface area contributed by atoms with E-state index in [0.717, 1.165) is 29.8 Å². The van der Waals surface area contributed by atoms with E-state index in [4.69, 9.17) is 9.72 Å². The molecule has 1 unspecified atom stereocenters. The first-order chi connectivity index (χ1) is 16.9. The first kappa shape index (κ1) is 24.7. The van der Waals surface area contributed by atoms with Crippen molar-refractivity contribution in [3.63, 3.8) is 0 Å². The molecule has 2 heterocycles. The maximum atomic E-state index is 13.1. The minimum Gasteiger partial charge on any atom is -0.376 e. The van der Waals surface area contributed by atoms with E-state index < -0.39 is 0 Å². The topological polar surface area (TPSA) is 76.5 Å². The van der Waals surface area contributed by atoms with Gasteiger partial charge in [-0.25, -0.2) is 4.98 Å². The zero-order valence-electron chi connectivity index (χ0n) is 20.7. The maximum Gasteiger partial charge on any atom is 0.246 e. The van der Waals surface area contributed by atoms with Crippen LogP contribution in [0.4, 0.5) is 5.95 Å². The second-order valence-corrected chi connectivity index (χ2v) is 9.24. The van der Waals surface area contributed by atoms with E-state index in [1.54, 1.807) is 4.90 Å². The molecule has 1 aromatic heterocycles. The van der Waals surface area contributed by atoms with Gasteiger partial charge in [0.15, 0.2) is 0 Å². The number of ether oxygens (including phenoxy) is 1. The molecule has 3 aromatic rings. The SMILES string of the molecule is CCC(=O)N(CC(=O)Nc1nc(-c2ccccc2)cn1-c1ccc(C(C)C)cc1)CC1CCCO1. The highest BCUT2D eigenvalue weighted by molar-refractivity contribution is 5.93. The zero-order chi connectivity index (χ0) is 24.8. The number of carbonyl (C=O) groups is 2. The highest BCUT2D eigenvalue weighted by atomic mass is 16.5. The lowest BCUT2D eigenvalue weighted by Crippen LogP contribution is -2.42. The van der Waals surface area contributed by atoms with Crippen LogP contribution in [0.5, 0.6) is 0 Å². The van der Waals surface area contributed by atoms with Gasteiger partial charge in [-0.2, -0.15) is 0 Å². The number of anilines is 1. The van der Waals surface area contributed by atoms with Gasteiger partial charge in [0, 0.05) is 37.0 Å². The number of benzene rings is 2. The molecule has 7 nitrogen and oxygen atoms in total. The Bertz CT molecular complexity index is 1130. The van der Waals surface area contributed by atoms with Crippen LogP contribution in [0.1, 0.15) is 51.5 Å². The van der Waals surface area contributed by atoms with Crippen LogP contribution in [-0.2, 0) is 14.3 Å². The number of nitrogens with one attached hydrogen (secondary N) is 1. The van der Waals surface area contributed by atoms with Crippen molar-refractivity contribution < 1.29 is 14.3 Å². The van der Waals surface area contributed by atoms with Gasteiger partial charge < -0.3 is 9.64 Å². The van der Waals surface area contributed by atoms with Crippen LogP contribution >= 0.6 is 0 Å². The minimum absolute atomic E-state index is 0.00978. The summed E-state index contributed by atoms with van der Waals surface area (Å²) in [5, 5.41) is 2.95. The number of nitrogens with zero attached hydrogens (tertiary/aromatic N) is 3. The summed E-state index contributed by atoms with van der Waals surface area (Å²) in [6.45, 7) is 7.23. The normalized spacial score (nSPS) is 15.4. The molecule has 1 fully saturated rings. The molecule has 1 saturated heterocycles. The molecule has 1 N–H and O–H groups in total. The molecule has 1 atom stereocenters. The quantitative estimate of drug-likeness (QED) is 0.473. The summed E-state index contributed by atoms with van der Waals surface area (Å²) in [6, 6.07) is 18.1. The van der Waals surface area contributed by atoms with Gasteiger partial charge in [-0.3, -0.25) is 19.5 Å². The van der Waals surface area contributed by atoms with Gasteiger partial charge >= 0.3 is 0 Å². The Morgan fingerprint density at radius 3 is 2.51 bits per heavy atom. The van der Waals surface area contributed by atoms with E-state index in [-0.39, 0.29) is 24.5 Å². The standard InChI is InChI=1S/C28H34N4O3/c1-4-27(34)31(17-24-11-8-16-35-24)19-26(33)30-28-29-25(22-9-6-5-7-10-22)18-32(28)23-14-12-21(13-15-23)20(2)3/h5-7,9-10,12-15,18,20,24H,4,8,11,16-17,19H2,1-3H3,(H,29,30,33). The molecule has 2 amide bonds. The third-order valence-electron chi connectivity index (χ3n) is 6.30. The lowest BCUT2D eigenvalue weighted by Gasteiger charge is -2.24. The fourth-order valence-electron chi connectivity index (χ4n) is 4.28. The first-order valence-corrected chi connectivity index (χ1v) is 12.4. The molecule has 0 radical (unpaired) electrons. The van der Waals surface area contributed by atoms with Crippen molar-refractivity contribution in [3.05, 3.63) is 66.4 Å². The molecule has 7 heteroatoms. The third kappa shape index (κ3) is 6.17. The molecule has 4 rings (SSSR count). The summed E-state index contributed by atoms with van der Waals surface area (Å²) in [5.74, 6) is 0.507. The largest absolute Gasteiger partial charge is 0.376 e. The molecule has 35 heavy (non-hydrogen) atoms. The lowest BCUT2D eigenvalue weighted by atomic mass is 10.0. The fraction of sp³-hybridized carbons (Fsp3) is 0.393. The Kier molecular flexibility index (Phi) is 7.98. The number of carbonyl (C=O) groups excluding carboxylic acids is 2. The number of rotatable bonds is 9. The van der Waals surface area contributed by atoms with Crippen LogP contribution < -0.4 is 5.32 Å². The third-order valence-corrected chi connectivity index (χ3v) is 6.30. The van der Waals surface area contributed by atoms with Crippen LogP contribution in [0.2, 0.25) is 0 Å².